The number of hydrogen-bond donors (Lipinski definition) is 2. The second-order valence-electron chi connectivity index (χ2n) is 4.63. The summed E-state index contributed by atoms with van der Waals surface area (Å²) >= 11 is 0. The van der Waals surface area contributed by atoms with E-state index < -0.39 is 5.97 Å². The van der Waals surface area contributed by atoms with Crippen molar-refractivity contribution in [3.05, 3.63) is 34.1 Å². The smallest absolute Gasteiger partial charge is 0.360 e. The molecule has 104 valence electrons. The highest BCUT2D eigenvalue weighted by atomic mass is 16.5. The van der Waals surface area contributed by atoms with Crippen molar-refractivity contribution in [3.63, 3.8) is 0 Å². The van der Waals surface area contributed by atoms with Gasteiger partial charge in [-0.25, -0.2) is 14.5 Å². The topological polar surface area (TPSA) is 116 Å². The van der Waals surface area contributed by atoms with Gasteiger partial charge in [-0.2, -0.15) is 5.10 Å². The molecule has 0 bridgehead atoms. The molecule has 3 rings (SSSR count). The Morgan fingerprint density at radius 1 is 1.55 bits per heavy atom. The standard InChI is InChI=1S/C12H13N5O3/c1-20-12(19)10-7(13)5-17(16-10)8-4-9(18)15-11(14-8)6-2-3-6/h4-6H,2-3,13H2,1H3,(H,14,15,18). The molecule has 0 radical (unpaired) electrons. The zero-order chi connectivity index (χ0) is 14.3. The Balaban J connectivity index is 2.04. The number of methoxy groups -OCH3 is 1. The van der Waals surface area contributed by atoms with E-state index >= 15 is 0 Å². The maximum atomic E-state index is 11.6. The zero-order valence-corrected chi connectivity index (χ0v) is 10.8. The largest absolute Gasteiger partial charge is 0.464 e. The molecule has 3 N–H and O–H groups in total. The van der Waals surface area contributed by atoms with Crippen LogP contribution in [0.3, 0.4) is 0 Å². The van der Waals surface area contributed by atoms with Crippen molar-refractivity contribution in [2.24, 2.45) is 0 Å². The molecule has 1 saturated carbocycles. The van der Waals surface area contributed by atoms with Gasteiger partial charge in [0.05, 0.1) is 19.0 Å². The maximum Gasteiger partial charge on any atom is 0.360 e. The van der Waals surface area contributed by atoms with Gasteiger partial charge in [0.15, 0.2) is 11.5 Å². The van der Waals surface area contributed by atoms with E-state index in [1.165, 1.54) is 24.1 Å². The molecule has 1 fully saturated rings. The average Bonchev–Trinajstić information content (AvgIpc) is 3.20. The molecule has 0 aromatic carbocycles. The van der Waals surface area contributed by atoms with E-state index in [4.69, 9.17) is 5.73 Å². The minimum atomic E-state index is -0.631. The van der Waals surface area contributed by atoms with Crippen molar-refractivity contribution < 1.29 is 9.53 Å². The number of nitrogen functional groups attached to an aromatic ring is 1. The predicted octanol–water partition coefficient (Wildman–Crippen LogP) is 0.202. The van der Waals surface area contributed by atoms with Gasteiger partial charge in [-0.05, 0) is 12.8 Å². The summed E-state index contributed by atoms with van der Waals surface area (Å²) in [7, 11) is 1.25. The van der Waals surface area contributed by atoms with Crippen LogP contribution in [-0.4, -0.2) is 32.8 Å². The molecule has 2 aromatic rings. The van der Waals surface area contributed by atoms with Crippen molar-refractivity contribution in [1.82, 2.24) is 19.7 Å². The first kappa shape index (κ1) is 12.4. The number of aromatic amines is 1. The number of carbonyl (C=O) groups is 1. The molecule has 8 heteroatoms. The number of H-pyrrole nitrogens is 1. The van der Waals surface area contributed by atoms with E-state index in [0.717, 1.165) is 12.8 Å². The first-order valence-corrected chi connectivity index (χ1v) is 6.13. The lowest BCUT2D eigenvalue weighted by molar-refractivity contribution is 0.0594. The SMILES string of the molecule is COC(=O)c1nn(-c2cc(=O)[nH]c(C3CC3)n2)cc1N. The van der Waals surface area contributed by atoms with Crippen molar-refractivity contribution in [2.45, 2.75) is 18.8 Å². The first-order chi connectivity index (χ1) is 9.58. The van der Waals surface area contributed by atoms with Crippen molar-refractivity contribution in [2.75, 3.05) is 12.8 Å². The van der Waals surface area contributed by atoms with E-state index in [9.17, 15) is 9.59 Å². The summed E-state index contributed by atoms with van der Waals surface area (Å²) in [5.74, 6) is 0.642. The summed E-state index contributed by atoms with van der Waals surface area (Å²) in [6.45, 7) is 0. The number of carbonyl (C=O) groups excluding carboxylic acids is 1. The molecule has 1 aliphatic carbocycles. The van der Waals surface area contributed by atoms with Gasteiger partial charge in [0.25, 0.3) is 5.56 Å². The van der Waals surface area contributed by atoms with Crippen LogP contribution < -0.4 is 11.3 Å². The van der Waals surface area contributed by atoms with Gasteiger partial charge in [0, 0.05) is 12.0 Å². The van der Waals surface area contributed by atoms with Crippen LogP contribution in [0, 0.1) is 0 Å². The number of esters is 1. The fourth-order valence-electron chi connectivity index (χ4n) is 1.89. The van der Waals surface area contributed by atoms with E-state index in [1.807, 2.05) is 0 Å². The van der Waals surface area contributed by atoms with Gasteiger partial charge < -0.3 is 15.5 Å². The number of rotatable bonds is 3. The lowest BCUT2D eigenvalue weighted by atomic mass is 10.4. The number of aromatic nitrogens is 4. The molecular formula is C12H13N5O3. The monoisotopic (exact) mass is 275 g/mol. The number of hydrogen-bond acceptors (Lipinski definition) is 6. The Morgan fingerprint density at radius 3 is 2.95 bits per heavy atom. The number of ether oxygens (including phenoxy) is 1. The molecule has 0 amide bonds. The molecule has 0 atom stereocenters. The van der Waals surface area contributed by atoms with Crippen LogP contribution in [0.4, 0.5) is 5.69 Å². The number of nitrogens with one attached hydrogen (secondary N) is 1. The molecule has 0 aliphatic heterocycles. The molecule has 8 nitrogen and oxygen atoms in total. The van der Waals surface area contributed by atoms with Gasteiger partial charge in [-0.1, -0.05) is 0 Å². The summed E-state index contributed by atoms with van der Waals surface area (Å²) in [4.78, 5) is 30.2. The second-order valence-corrected chi connectivity index (χ2v) is 4.63. The maximum absolute atomic E-state index is 11.6. The van der Waals surface area contributed by atoms with Crippen LogP contribution in [0.5, 0.6) is 0 Å². The van der Waals surface area contributed by atoms with Gasteiger partial charge in [0.2, 0.25) is 0 Å². The summed E-state index contributed by atoms with van der Waals surface area (Å²) < 4.78 is 5.89. The number of anilines is 1. The lowest BCUT2D eigenvalue weighted by Crippen LogP contribution is -2.14. The normalized spacial score (nSPS) is 14.2. The van der Waals surface area contributed by atoms with Crippen molar-refractivity contribution in [3.8, 4) is 5.82 Å². The molecule has 1 aliphatic rings. The van der Waals surface area contributed by atoms with Crippen LogP contribution >= 0.6 is 0 Å². The van der Waals surface area contributed by atoms with E-state index in [0.29, 0.717) is 17.6 Å². The molecule has 2 aromatic heterocycles. The summed E-state index contributed by atoms with van der Waals surface area (Å²) in [5.41, 5.74) is 5.62. The van der Waals surface area contributed by atoms with Gasteiger partial charge in [-0.15, -0.1) is 0 Å². The highest BCUT2D eigenvalue weighted by molar-refractivity contribution is 5.92. The van der Waals surface area contributed by atoms with Crippen LogP contribution in [0.2, 0.25) is 0 Å². The van der Waals surface area contributed by atoms with Gasteiger partial charge in [0.1, 0.15) is 5.82 Å². The molecule has 0 unspecified atom stereocenters. The third-order valence-electron chi connectivity index (χ3n) is 3.07. The van der Waals surface area contributed by atoms with Gasteiger partial charge in [-0.3, -0.25) is 4.79 Å². The number of nitrogens with zero attached hydrogens (tertiary/aromatic N) is 3. The quantitative estimate of drug-likeness (QED) is 0.773. The minimum absolute atomic E-state index is 0.00236. The van der Waals surface area contributed by atoms with Gasteiger partial charge >= 0.3 is 5.97 Å². The highest BCUT2D eigenvalue weighted by Crippen LogP contribution is 2.37. The molecule has 20 heavy (non-hydrogen) atoms. The average molecular weight is 275 g/mol. The zero-order valence-electron chi connectivity index (χ0n) is 10.8. The van der Waals surface area contributed by atoms with E-state index in [2.05, 4.69) is 19.8 Å². The van der Waals surface area contributed by atoms with Crippen molar-refractivity contribution >= 4 is 11.7 Å². The minimum Gasteiger partial charge on any atom is -0.464 e. The first-order valence-electron chi connectivity index (χ1n) is 6.13. The molecular weight excluding hydrogens is 262 g/mol. The molecule has 0 spiro atoms. The fraction of sp³-hybridized carbons (Fsp3) is 0.333. The lowest BCUT2D eigenvalue weighted by Gasteiger charge is -2.02. The Hall–Kier alpha value is -2.64. The third-order valence-corrected chi connectivity index (χ3v) is 3.07. The number of nitrogens with two attached hydrogens (primary N) is 1. The van der Waals surface area contributed by atoms with Crippen LogP contribution in [0.25, 0.3) is 5.82 Å². The summed E-state index contributed by atoms with van der Waals surface area (Å²) in [6, 6.07) is 1.30. The molecule has 0 saturated heterocycles. The van der Waals surface area contributed by atoms with E-state index in [1.54, 1.807) is 0 Å². The second kappa shape index (κ2) is 4.48. The van der Waals surface area contributed by atoms with E-state index in [-0.39, 0.29) is 16.9 Å². The van der Waals surface area contributed by atoms with Crippen molar-refractivity contribution in [1.29, 1.82) is 0 Å². The third kappa shape index (κ3) is 2.15. The predicted molar refractivity (Wildman–Crippen MR) is 69.7 cm³/mol. The highest BCUT2D eigenvalue weighted by Gasteiger charge is 2.27. The Morgan fingerprint density at radius 2 is 2.30 bits per heavy atom. The Bertz CT molecular complexity index is 729. The summed E-state index contributed by atoms with van der Waals surface area (Å²) in [5, 5.41) is 4.01. The summed E-state index contributed by atoms with van der Waals surface area (Å²) in [6.07, 6.45) is 3.47. The van der Waals surface area contributed by atoms with Crippen LogP contribution in [0.15, 0.2) is 17.1 Å². The molecule has 2 heterocycles. The Labute approximate surface area is 113 Å². The fourth-order valence-corrected chi connectivity index (χ4v) is 1.89. The van der Waals surface area contributed by atoms with Crippen LogP contribution in [0.1, 0.15) is 35.1 Å². The van der Waals surface area contributed by atoms with Crippen LogP contribution in [-0.2, 0) is 4.74 Å². The Kier molecular flexibility index (Phi) is 2.78.